The first kappa shape index (κ1) is 17.4. The summed E-state index contributed by atoms with van der Waals surface area (Å²) >= 11 is 0. The first-order valence-electron chi connectivity index (χ1n) is 5.22. The number of nitrogens with zero attached hydrogens (tertiary/aromatic N) is 1. The van der Waals surface area contributed by atoms with Crippen molar-refractivity contribution in [3.05, 3.63) is 12.7 Å². The van der Waals surface area contributed by atoms with E-state index in [0.717, 1.165) is 30.3 Å². The van der Waals surface area contributed by atoms with Crippen LogP contribution in [-0.2, 0) is 4.79 Å². The van der Waals surface area contributed by atoms with Gasteiger partial charge >= 0.3 is 0 Å². The second-order valence-electron chi connectivity index (χ2n) is 4.07. The van der Waals surface area contributed by atoms with Crippen LogP contribution >= 0.6 is 0 Å². The predicted molar refractivity (Wildman–Crippen MR) is 67.4 cm³/mol. The number of nitrogens with two attached hydrogens (primary N) is 2. The smallest absolute Gasteiger partial charge is 0.240 e. The van der Waals surface area contributed by atoms with Gasteiger partial charge in [-0.15, -0.1) is 0 Å². The second kappa shape index (κ2) is 10.6. The van der Waals surface area contributed by atoms with Crippen molar-refractivity contribution in [3.63, 3.8) is 0 Å². The zero-order valence-electron chi connectivity index (χ0n) is 10.6. The Kier molecular flexibility index (Phi) is 11.5. The van der Waals surface area contributed by atoms with Crippen molar-refractivity contribution in [2.75, 3.05) is 47.3 Å². The molecule has 0 aromatic heterocycles. The van der Waals surface area contributed by atoms with E-state index < -0.39 is 5.91 Å². The minimum Gasteiger partial charge on any atom is -0.366 e. The van der Waals surface area contributed by atoms with Crippen molar-refractivity contribution in [3.8, 4) is 0 Å². The topological polar surface area (TPSA) is 93.2 Å². The summed E-state index contributed by atoms with van der Waals surface area (Å²) < 4.78 is 0.796. The molecule has 0 saturated carbocycles. The molecule has 96 valence electrons. The Balaban J connectivity index is 0. The van der Waals surface area contributed by atoms with Gasteiger partial charge in [-0.25, -0.2) is 0 Å². The van der Waals surface area contributed by atoms with Crippen molar-refractivity contribution in [2.45, 2.75) is 0 Å². The third-order valence-electron chi connectivity index (χ3n) is 1.41. The van der Waals surface area contributed by atoms with Gasteiger partial charge in [0, 0.05) is 19.6 Å². The van der Waals surface area contributed by atoms with Crippen molar-refractivity contribution < 1.29 is 9.39 Å². The zero-order chi connectivity index (χ0) is 13.0. The molecule has 0 aromatic carbocycles. The van der Waals surface area contributed by atoms with Crippen molar-refractivity contribution in [1.82, 2.24) is 10.7 Å². The number of carbonyl (C=O) groups excluding carboxylic acids is 1. The Labute approximate surface area is 98.2 Å². The normalized spacial score (nSPS) is 10.2. The zero-order valence-corrected chi connectivity index (χ0v) is 10.6. The first-order valence-corrected chi connectivity index (χ1v) is 5.22. The van der Waals surface area contributed by atoms with E-state index in [9.17, 15) is 4.79 Å². The van der Waals surface area contributed by atoms with Gasteiger partial charge in [0.25, 0.3) is 0 Å². The van der Waals surface area contributed by atoms with Crippen molar-refractivity contribution >= 4 is 5.91 Å². The van der Waals surface area contributed by atoms with E-state index in [-0.39, 0.29) is 0 Å². The Hall–Kier alpha value is -0.950. The standard InChI is InChI=1S/C7H21N4.C3H5NO/c1-11(2,3)10-7-6-9-5-4-8;1-2-3(4)5/h9-10H,4-8H2,1-3H3;2H,1H2,(H2,4,5)/q+1;. The highest BCUT2D eigenvalue weighted by molar-refractivity contribution is 5.84. The molecule has 0 aliphatic heterocycles. The number of hydrogen-bond acceptors (Lipinski definition) is 4. The van der Waals surface area contributed by atoms with Gasteiger partial charge in [0.05, 0.1) is 27.7 Å². The Morgan fingerprint density at radius 2 is 1.81 bits per heavy atom. The van der Waals surface area contributed by atoms with E-state index in [1.807, 2.05) is 0 Å². The Morgan fingerprint density at radius 3 is 2.12 bits per heavy atom. The highest BCUT2D eigenvalue weighted by Gasteiger charge is 2.03. The van der Waals surface area contributed by atoms with Crippen LogP contribution < -0.4 is 22.2 Å². The SMILES string of the molecule is C=CC(N)=O.C[N+](C)(C)NCCNCCN. The predicted octanol–water partition coefficient (Wildman–Crippen LogP) is -1.60. The van der Waals surface area contributed by atoms with Gasteiger partial charge in [-0.05, 0) is 6.08 Å². The van der Waals surface area contributed by atoms with E-state index in [1.54, 1.807) is 0 Å². The molecule has 0 rings (SSSR count). The average Bonchev–Trinajstić information content (AvgIpc) is 2.17. The summed E-state index contributed by atoms with van der Waals surface area (Å²) in [5.74, 6) is -0.481. The third kappa shape index (κ3) is 23.1. The average molecular weight is 232 g/mol. The first-order chi connectivity index (χ1) is 7.33. The van der Waals surface area contributed by atoms with Gasteiger partial charge in [0.15, 0.2) is 0 Å². The lowest BCUT2D eigenvalue weighted by Crippen LogP contribution is -2.50. The minimum absolute atomic E-state index is 0.481. The highest BCUT2D eigenvalue weighted by atomic mass is 16.1. The van der Waals surface area contributed by atoms with Crippen LogP contribution in [0.2, 0.25) is 0 Å². The largest absolute Gasteiger partial charge is 0.366 e. The molecule has 6 heteroatoms. The van der Waals surface area contributed by atoms with Gasteiger partial charge in [-0.2, -0.15) is 5.43 Å². The Morgan fingerprint density at radius 1 is 1.31 bits per heavy atom. The van der Waals surface area contributed by atoms with Crippen LogP contribution in [0.4, 0.5) is 0 Å². The monoisotopic (exact) mass is 232 g/mol. The summed E-state index contributed by atoms with van der Waals surface area (Å²) in [5, 5.41) is 3.21. The highest BCUT2D eigenvalue weighted by Crippen LogP contribution is 1.78. The van der Waals surface area contributed by atoms with Crippen molar-refractivity contribution in [1.29, 1.82) is 0 Å². The van der Waals surface area contributed by atoms with Crippen LogP contribution in [0, 0.1) is 0 Å². The maximum atomic E-state index is 9.47. The molecule has 6 N–H and O–H groups in total. The van der Waals surface area contributed by atoms with Crippen LogP contribution in [0.5, 0.6) is 0 Å². The van der Waals surface area contributed by atoms with E-state index in [4.69, 9.17) is 5.73 Å². The van der Waals surface area contributed by atoms with E-state index in [0.29, 0.717) is 6.54 Å². The maximum Gasteiger partial charge on any atom is 0.240 e. The van der Waals surface area contributed by atoms with Crippen LogP contribution in [0.1, 0.15) is 0 Å². The summed E-state index contributed by atoms with van der Waals surface area (Å²) in [5.41, 5.74) is 13.2. The molecule has 0 atom stereocenters. The second-order valence-corrected chi connectivity index (χ2v) is 4.07. The molecule has 0 aliphatic carbocycles. The quantitative estimate of drug-likeness (QED) is 0.184. The van der Waals surface area contributed by atoms with E-state index in [1.165, 1.54) is 0 Å². The molecule has 0 heterocycles. The summed E-state index contributed by atoms with van der Waals surface area (Å²) in [6, 6.07) is 0. The molecule has 0 aromatic rings. The van der Waals surface area contributed by atoms with E-state index in [2.05, 4.69) is 44.2 Å². The summed E-state index contributed by atoms with van der Waals surface area (Å²) in [7, 11) is 6.30. The summed E-state index contributed by atoms with van der Waals surface area (Å²) in [4.78, 5) is 9.47. The number of primary amides is 1. The van der Waals surface area contributed by atoms with Gasteiger partial charge in [-0.1, -0.05) is 6.58 Å². The fourth-order valence-corrected chi connectivity index (χ4v) is 0.707. The van der Waals surface area contributed by atoms with Gasteiger partial charge in [0.2, 0.25) is 5.91 Å². The molecule has 0 spiro atoms. The molecule has 6 nitrogen and oxygen atoms in total. The molecule has 1 amide bonds. The number of rotatable bonds is 7. The number of hydrogen-bond donors (Lipinski definition) is 4. The van der Waals surface area contributed by atoms with Crippen LogP contribution in [0.25, 0.3) is 0 Å². The molecular weight excluding hydrogens is 206 g/mol. The number of quaternary nitrogens is 1. The molecule has 0 saturated heterocycles. The molecule has 0 aliphatic rings. The summed E-state index contributed by atoms with van der Waals surface area (Å²) in [6.07, 6.45) is 1.06. The van der Waals surface area contributed by atoms with Gasteiger partial charge in [0.1, 0.15) is 0 Å². The molecule has 16 heavy (non-hydrogen) atoms. The molecular formula is C10H26N5O+. The lowest BCUT2D eigenvalue weighted by Gasteiger charge is -2.23. The Bertz CT molecular complexity index is 188. The van der Waals surface area contributed by atoms with E-state index >= 15 is 0 Å². The number of nitrogens with one attached hydrogen (secondary N) is 2. The van der Waals surface area contributed by atoms with Crippen molar-refractivity contribution in [2.24, 2.45) is 11.5 Å². The van der Waals surface area contributed by atoms with Gasteiger partial charge < -0.3 is 16.8 Å². The molecule has 0 bridgehead atoms. The molecule has 0 unspecified atom stereocenters. The fraction of sp³-hybridized carbons (Fsp3) is 0.700. The fourth-order valence-electron chi connectivity index (χ4n) is 0.707. The lowest BCUT2D eigenvalue weighted by atomic mass is 10.6. The van der Waals surface area contributed by atoms with Crippen LogP contribution in [0.3, 0.4) is 0 Å². The minimum atomic E-state index is -0.481. The number of carbonyl (C=O) groups is 1. The lowest BCUT2D eigenvalue weighted by molar-refractivity contribution is -0.915. The van der Waals surface area contributed by atoms with Crippen LogP contribution in [0.15, 0.2) is 12.7 Å². The maximum absolute atomic E-state index is 9.47. The summed E-state index contributed by atoms with van der Waals surface area (Å²) in [6.45, 7) is 6.65. The van der Waals surface area contributed by atoms with Crippen LogP contribution in [-0.4, -0.2) is 57.8 Å². The number of amides is 1. The molecule has 0 fully saturated rings. The molecule has 0 radical (unpaired) electrons. The van der Waals surface area contributed by atoms with Gasteiger partial charge in [-0.3, -0.25) is 9.39 Å². The third-order valence-corrected chi connectivity index (χ3v) is 1.41.